The molecule has 2 aromatic carbocycles. The molecule has 2 rings (SSSR count). The average molecular weight is 381 g/mol. The SMILES string of the molecule is Cc1ccc(Cl)cc1N(CC(=O)NC(C)C)S(=O)(=O)c1ccccc1. The van der Waals surface area contributed by atoms with Crippen LogP contribution in [0, 0.1) is 6.92 Å². The minimum atomic E-state index is -3.91. The molecule has 1 amide bonds. The second-order valence-electron chi connectivity index (χ2n) is 5.98. The van der Waals surface area contributed by atoms with Crippen LogP contribution in [0.5, 0.6) is 0 Å². The molecule has 0 atom stereocenters. The Hall–Kier alpha value is -2.05. The summed E-state index contributed by atoms with van der Waals surface area (Å²) in [6.45, 7) is 5.09. The zero-order chi connectivity index (χ0) is 18.6. The van der Waals surface area contributed by atoms with E-state index in [1.807, 2.05) is 13.8 Å². The Morgan fingerprint density at radius 1 is 1.16 bits per heavy atom. The monoisotopic (exact) mass is 380 g/mol. The highest BCUT2D eigenvalue weighted by atomic mass is 35.5. The number of amides is 1. The number of halogens is 1. The van der Waals surface area contributed by atoms with Crippen molar-refractivity contribution in [2.75, 3.05) is 10.8 Å². The lowest BCUT2D eigenvalue weighted by molar-refractivity contribution is -0.120. The molecule has 5 nitrogen and oxygen atoms in total. The summed E-state index contributed by atoms with van der Waals surface area (Å²) in [5, 5.41) is 3.12. The molecule has 0 unspecified atom stereocenters. The maximum absolute atomic E-state index is 13.1. The van der Waals surface area contributed by atoms with Crippen LogP contribution in [0.15, 0.2) is 53.4 Å². The number of benzene rings is 2. The number of carbonyl (C=O) groups excluding carboxylic acids is 1. The van der Waals surface area contributed by atoms with Gasteiger partial charge in [0, 0.05) is 11.1 Å². The van der Waals surface area contributed by atoms with Gasteiger partial charge in [0.1, 0.15) is 6.54 Å². The van der Waals surface area contributed by atoms with Crippen molar-refractivity contribution in [3.8, 4) is 0 Å². The van der Waals surface area contributed by atoms with Crippen molar-refractivity contribution < 1.29 is 13.2 Å². The summed E-state index contributed by atoms with van der Waals surface area (Å²) in [6, 6.07) is 12.9. The van der Waals surface area contributed by atoms with E-state index in [1.165, 1.54) is 12.1 Å². The van der Waals surface area contributed by atoms with Crippen molar-refractivity contribution in [2.45, 2.75) is 31.7 Å². The van der Waals surface area contributed by atoms with E-state index in [1.54, 1.807) is 43.3 Å². The summed E-state index contributed by atoms with van der Waals surface area (Å²) < 4.78 is 27.3. The fraction of sp³-hybridized carbons (Fsp3) is 0.278. The van der Waals surface area contributed by atoms with Gasteiger partial charge < -0.3 is 5.32 Å². The Balaban J connectivity index is 2.52. The normalized spacial score (nSPS) is 11.4. The van der Waals surface area contributed by atoms with Crippen LogP contribution >= 0.6 is 11.6 Å². The highest BCUT2D eigenvalue weighted by molar-refractivity contribution is 7.92. The Morgan fingerprint density at radius 2 is 1.80 bits per heavy atom. The molecular formula is C18H21ClN2O3S. The zero-order valence-corrected chi connectivity index (χ0v) is 15.9. The highest BCUT2D eigenvalue weighted by Gasteiger charge is 2.28. The van der Waals surface area contributed by atoms with Crippen molar-refractivity contribution >= 4 is 33.2 Å². The molecule has 0 bridgehead atoms. The molecule has 0 saturated carbocycles. The predicted octanol–water partition coefficient (Wildman–Crippen LogP) is 3.37. The predicted molar refractivity (Wildman–Crippen MR) is 100 cm³/mol. The Morgan fingerprint density at radius 3 is 2.40 bits per heavy atom. The first-order chi connectivity index (χ1) is 11.7. The summed E-state index contributed by atoms with van der Waals surface area (Å²) in [7, 11) is -3.91. The third-order valence-corrected chi connectivity index (χ3v) is 5.52. The molecule has 0 aromatic heterocycles. The van der Waals surface area contributed by atoms with Gasteiger partial charge in [0.25, 0.3) is 10.0 Å². The van der Waals surface area contributed by atoms with Crippen LogP contribution in [0.3, 0.4) is 0 Å². The van der Waals surface area contributed by atoms with Gasteiger partial charge in [-0.1, -0.05) is 35.9 Å². The van der Waals surface area contributed by atoms with Crippen molar-refractivity contribution in [1.82, 2.24) is 5.32 Å². The van der Waals surface area contributed by atoms with Crippen molar-refractivity contribution in [2.24, 2.45) is 0 Å². The second-order valence-corrected chi connectivity index (χ2v) is 8.28. The van der Waals surface area contributed by atoms with Gasteiger partial charge in [-0.3, -0.25) is 9.10 Å². The third kappa shape index (κ3) is 4.74. The minimum Gasteiger partial charge on any atom is -0.352 e. The Labute approximate surface area is 153 Å². The van der Waals surface area contributed by atoms with E-state index in [2.05, 4.69) is 5.32 Å². The van der Waals surface area contributed by atoms with Gasteiger partial charge in [-0.2, -0.15) is 0 Å². The van der Waals surface area contributed by atoms with Gasteiger partial charge in [-0.05, 0) is 50.6 Å². The van der Waals surface area contributed by atoms with Crippen LogP contribution in [0.25, 0.3) is 0 Å². The molecule has 134 valence electrons. The molecular weight excluding hydrogens is 360 g/mol. The van der Waals surface area contributed by atoms with Crippen LogP contribution in [0.4, 0.5) is 5.69 Å². The summed E-state index contributed by atoms with van der Waals surface area (Å²) >= 11 is 6.06. The first-order valence-electron chi connectivity index (χ1n) is 7.85. The van der Waals surface area contributed by atoms with Crippen LogP contribution < -0.4 is 9.62 Å². The van der Waals surface area contributed by atoms with E-state index in [-0.39, 0.29) is 23.4 Å². The lowest BCUT2D eigenvalue weighted by atomic mass is 10.2. The largest absolute Gasteiger partial charge is 0.352 e. The highest BCUT2D eigenvalue weighted by Crippen LogP contribution is 2.29. The quantitative estimate of drug-likeness (QED) is 0.835. The fourth-order valence-electron chi connectivity index (χ4n) is 2.37. The lowest BCUT2D eigenvalue weighted by Gasteiger charge is -2.26. The molecule has 1 N–H and O–H groups in total. The molecule has 0 radical (unpaired) electrons. The van der Waals surface area contributed by atoms with Gasteiger partial charge in [0.05, 0.1) is 10.6 Å². The number of nitrogens with zero attached hydrogens (tertiary/aromatic N) is 1. The van der Waals surface area contributed by atoms with Gasteiger partial charge in [-0.25, -0.2) is 8.42 Å². The van der Waals surface area contributed by atoms with E-state index >= 15 is 0 Å². The van der Waals surface area contributed by atoms with E-state index in [9.17, 15) is 13.2 Å². The van der Waals surface area contributed by atoms with E-state index in [4.69, 9.17) is 11.6 Å². The molecule has 0 spiro atoms. The van der Waals surface area contributed by atoms with E-state index < -0.39 is 10.0 Å². The maximum atomic E-state index is 13.1. The molecule has 2 aromatic rings. The van der Waals surface area contributed by atoms with Gasteiger partial charge in [-0.15, -0.1) is 0 Å². The summed E-state index contributed by atoms with van der Waals surface area (Å²) in [5.41, 5.74) is 1.09. The summed E-state index contributed by atoms with van der Waals surface area (Å²) in [4.78, 5) is 12.4. The van der Waals surface area contributed by atoms with Crippen molar-refractivity contribution in [3.05, 3.63) is 59.1 Å². The van der Waals surface area contributed by atoms with Crippen LogP contribution in [-0.2, 0) is 14.8 Å². The van der Waals surface area contributed by atoms with Crippen LogP contribution in [0.1, 0.15) is 19.4 Å². The standard InChI is InChI=1S/C18H21ClN2O3S/c1-13(2)20-18(22)12-21(17-11-15(19)10-9-14(17)3)25(23,24)16-7-5-4-6-8-16/h4-11,13H,12H2,1-3H3,(H,20,22). The van der Waals surface area contributed by atoms with Crippen molar-refractivity contribution in [1.29, 1.82) is 0 Å². The number of rotatable bonds is 6. The topological polar surface area (TPSA) is 66.5 Å². The minimum absolute atomic E-state index is 0.0887. The van der Waals surface area contributed by atoms with E-state index in [0.29, 0.717) is 16.3 Å². The molecule has 0 aliphatic rings. The van der Waals surface area contributed by atoms with Crippen molar-refractivity contribution in [3.63, 3.8) is 0 Å². The smallest absolute Gasteiger partial charge is 0.264 e. The number of hydrogen-bond donors (Lipinski definition) is 1. The molecule has 0 aliphatic heterocycles. The molecule has 0 heterocycles. The number of anilines is 1. The second kappa shape index (κ2) is 7.89. The summed E-state index contributed by atoms with van der Waals surface area (Å²) in [5.74, 6) is -0.381. The average Bonchev–Trinajstić information content (AvgIpc) is 2.55. The number of carbonyl (C=O) groups is 1. The molecule has 7 heteroatoms. The van der Waals surface area contributed by atoms with Crippen LogP contribution in [-0.4, -0.2) is 26.9 Å². The number of sulfonamides is 1. The molecule has 0 aliphatic carbocycles. The fourth-order valence-corrected chi connectivity index (χ4v) is 4.03. The van der Waals surface area contributed by atoms with E-state index in [0.717, 1.165) is 4.31 Å². The first-order valence-corrected chi connectivity index (χ1v) is 9.67. The summed E-state index contributed by atoms with van der Waals surface area (Å²) in [6.07, 6.45) is 0. The zero-order valence-electron chi connectivity index (χ0n) is 14.4. The maximum Gasteiger partial charge on any atom is 0.264 e. The van der Waals surface area contributed by atoms with Gasteiger partial charge >= 0.3 is 0 Å². The number of hydrogen-bond acceptors (Lipinski definition) is 3. The van der Waals surface area contributed by atoms with Gasteiger partial charge in [0.2, 0.25) is 5.91 Å². The van der Waals surface area contributed by atoms with Gasteiger partial charge in [0.15, 0.2) is 0 Å². The molecule has 25 heavy (non-hydrogen) atoms. The number of aryl methyl sites for hydroxylation is 1. The number of nitrogens with one attached hydrogen (secondary N) is 1. The molecule has 0 saturated heterocycles. The lowest BCUT2D eigenvalue weighted by Crippen LogP contribution is -2.43. The Kier molecular flexibility index (Phi) is 6.08. The third-order valence-electron chi connectivity index (χ3n) is 3.51. The first kappa shape index (κ1) is 19.3. The molecule has 0 fully saturated rings. The van der Waals surface area contributed by atoms with Crippen LogP contribution in [0.2, 0.25) is 5.02 Å². The Bertz CT molecular complexity index is 852.